The third-order valence-electron chi connectivity index (χ3n) is 6.18. The number of rotatable bonds is 8. The van der Waals surface area contributed by atoms with Crippen LogP contribution in [0.2, 0.25) is 5.02 Å². The molecule has 0 bridgehead atoms. The molecule has 0 radical (unpaired) electrons. The lowest BCUT2D eigenvalue weighted by molar-refractivity contribution is -0.131. The average molecular weight is 495 g/mol. The first-order chi connectivity index (χ1) is 17.0. The number of amides is 1. The predicted octanol–water partition coefficient (Wildman–Crippen LogP) is 5.21. The standard InChI is InChI=1S/C27H31ClN4O3/c1-3-5-10-26(33)31-17-15-30(16-18-31)21-13-11-20(12-14-21)25-19-23(27(34)35-4-2)29-32(25)24-9-7-6-8-22(24)28/h6-9,11-14,19H,3-5,10,15-18H2,1-2H3. The number of hydrogen-bond acceptors (Lipinski definition) is 5. The SMILES string of the molecule is CCCCC(=O)N1CCN(c2ccc(-c3cc(C(=O)OCC)nn3-c3ccccc3Cl)cc2)CC1. The van der Waals surface area contributed by atoms with E-state index >= 15 is 0 Å². The predicted molar refractivity (Wildman–Crippen MR) is 138 cm³/mol. The van der Waals surface area contributed by atoms with E-state index in [0.29, 0.717) is 17.1 Å². The summed E-state index contributed by atoms with van der Waals surface area (Å²) < 4.78 is 6.85. The molecule has 1 saturated heterocycles. The highest BCUT2D eigenvalue weighted by Crippen LogP contribution is 2.30. The van der Waals surface area contributed by atoms with Crippen LogP contribution in [0.5, 0.6) is 0 Å². The van der Waals surface area contributed by atoms with Gasteiger partial charge in [0.1, 0.15) is 0 Å². The van der Waals surface area contributed by atoms with Crippen molar-refractivity contribution in [2.45, 2.75) is 33.1 Å². The van der Waals surface area contributed by atoms with Gasteiger partial charge in [0.2, 0.25) is 5.91 Å². The number of carbonyl (C=O) groups excluding carboxylic acids is 2. The highest BCUT2D eigenvalue weighted by molar-refractivity contribution is 6.32. The number of anilines is 1. The van der Waals surface area contributed by atoms with Crippen LogP contribution in [0.3, 0.4) is 0 Å². The third kappa shape index (κ3) is 5.68. The molecular weight excluding hydrogens is 464 g/mol. The van der Waals surface area contributed by atoms with E-state index in [9.17, 15) is 9.59 Å². The van der Waals surface area contributed by atoms with Gasteiger partial charge in [0.15, 0.2) is 5.69 Å². The van der Waals surface area contributed by atoms with Gasteiger partial charge in [0, 0.05) is 43.9 Å². The fourth-order valence-corrected chi connectivity index (χ4v) is 4.46. The molecule has 0 saturated carbocycles. The van der Waals surface area contributed by atoms with Gasteiger partial charge in [0.25, 0.3) is 0 Å². The topological polar surface area (TPSA) is 67.7 Å². The number of hydrogen-bond donors (Lipinski definition) is 0. The Labute approximate surface area is 211 Å². The van der Waals surface area contributed by atoms with Crippen molar-refractivity contribution in [1.29, 1.82) is 0 Å². The van der Waals surface area contributed by atoms with Gasteiger partial charge in [0.05, 0.1) is 23.0 Å². The first kappa shape index (κ1) is 24.8. The Hall–Kier alpha value is -3.32. The largest absolute Gasteiger partial charge is 0.461 e. The number of benzene rings is 2. The molecule has 7 nitrogen and oxygen atoms in total. The number of carbonyl (C=O) groups is 2. The average Bonchev–Trinajstić information content (AvgIpc) is 3.33. The highest BCUT2D eigenvalue weighted by Gasteiger charge is 2.22. The first-order valence-electron chi connectivity index (χ1n) is 12.2. The number of halogens is 1. The van der Waals surface area contributed by atoms with Crippen molar-refractivity contribution in [1.82, 2.24) is 14.7 Å². The zero-order valence-electron chi connectivity index (χ0n) is 20.2. The van der Waals surface area contributed by atoms with E-state index < -0.39 is 5.97 Å². The molecule has 0 unspecified atom stereocenters. The monoisotopic (exact) mass is 494 g/mol. The molecule has 8 heteroatoms. The Kier molecular flexibility index (Phi) is 8.08. The molecule has 184 valence electrons. The smallest absolute Gasteiger partial charge is 0.358 e. The Bertz CT molecular complexity index is 1170. The molecule has 3 aromatic rings. The van der Waals surface area contributed by atoms with Crippen LogP contribution in [-0.4, -0.2) is 59.3 Å². The van der Waals surface area contributed by atoms with Crippen LogP contribution in [0.25, 0.3) is 16.9 Å². The maximum atomic E-state index is 12.4. The second kappa shape index (κ2) is 11.4. The van der Waals surface area contributed by atoms with Crippen LogP contribution in [0, 0.1) is 0 Å². The normalized spacial score (nSPS) is 13.7. The van der Waals surface area contributed by atoms with Crippen molar-refractivity contribution in [3.05, 3.63) is 65.3 Å². The van der Waals surface area contributed by atoms with Gasteiger partial charge in [-0.05, 0) is 43.7 Å². The van der Waals surface area contributed by atoms with Gasteiger partial charge in [-0.2, -0.15) is 5.10 Å². The van der Waals surface area contributed by atoms with Crippen molar-refractivity contribution in [2.75, 3.05) is 37.7 Å². The molecule has 2 heterocycles. The molecule has 0 atom stereocenters. The van der Waals surface area contributed by atoms with Gasteiger partial charge in [-0.1, -0.05) is 49.2 Å². The fourth-order valence-electron chi connectivity index (χ4n) is 4.24. The Morgan fingerprint density at radius 1 is 1.00 bits per heavy atom. The lowest BCUT2D eigenvalue weighted by Crippen LogP contribution is -2.48. The minimum Gasteiger partial charge on any atom is -0.461 e. The molecule has 4 rings (SSSR count). The molecular formula is C27H31ClN4O3. The van der Waals surface area contributed by atoms with Gasteiger partial charge in [-0.15, -0.1) is 0 Å². The number of unbranched alkanes of at least 4 members (excludes halogenated alkanes) is 1. The Balaban J connectivity index is 1.55. The zero-order valence-corrected chi connectivity index (χ0v) is 21.0. The van der Waals surface area contributed by atoms with Crippen LogP contribution < -0.4 is 4.90 Å². The summed E-state index contributed by atoms with van der Waals surface area (Å²) >= 11 is 6.45. The highest BCUT2D eigenvalue weighted by atomic mass is 35.5. The summed E-state index contributed by atoms with van der Waals surface area (Å²) in [6, 6.07) is 17.3. The van der Waals surface area contributed by atoms with E-state index in [-0.39, 0.29) is 18.2 Å². The first-order valence-corrected chi connectivity index (χ1v) is 12.5. The summed E-state index contributed by atoms with van der Waals surface area (Å²) in [6.45, 7) is 7.25. The van der Waals surface area contributed by atoms with E-state index in [0.717, 1.165) is 56.0 Å². The van der Waals surface area contributed by atoms with Gasteiger partial charge in [-0.25, -0.2) is 9.48 Å². The number of piperazine rings is 1. The zero-order chi connectivity index (χ0) is 24.8. The molecule has 1 aromatic heterocycles. The van der Waals surface area contributed by atoms with Crippen molar-refractivity contribution in [3.8, 4) is 16.9 Å². The van der Waals surface area contributed by atoms with Crippen LogP contribution in [0.15, 0.2) is 54.6 Å². The lowest BCUT2D eigenvalue weighted by atomic mass is 10.1. The van der Waals surface area contributed by atoms with Crippen LogP contribution in [-0.2, 0) is 9.53 Å². The maximum absolute atomic E-state index is 12.4. The molecule has 0 N–H and O–H groups in total. The number of ether oxygens (including phenoxy) is 1. The van der Waals surface area contributed by atoms with Gasteiger partial charge in [-0.3, -0.25) is 4.79 Å². The van der Waals surface area contributed by atoms with Crippen LogP contribution in [0.1, 0.15) is 43.6 Å². The molecule has 1 fully saturated rings. The van der Waals surface area contributed by atoms with Crippen molar-refractivity contribution >= 4 is 29.2 Å². The number of nitrogens with zero attached hydrogens (tertiary/aromatic N) is 4. The molecule has 35 heavy (non-hydrogen) atoms. The van der Waals surface area contributed by atoms with E-state index in [4.69, 9.17) is 16.3 Å². The summed E-state index contributed by atoms with van der Waals surface area (Å²) in [7, 11) is 0. The molecule has 0 aliphatic carbocycles. The molecule has 1 amide bonds. The lowest BCUT2D eigenvalue weighted by Gasteiger charge is -2.36. The fraction of sp³-hybridized carbons (Fsp3) is 0.370. The number of esters is 1. The second-order valence-electron chi connectivity index (χ2n) is 8.52. The summed E-state index contributed by atoms with van der Waals surface area (Å²) in [6.07, 6.45) is 2.62. The maximum Gasteiger partial charge on any atom is 0.358 e. The summed E-state index contributed by atoms with van der Waals surface area (Å²) in [5.74, 6) is -0.213. The third-order valence-corrected chi connectivity index (χ3v) is 6.50. The molecule has 0 spiro atoms. The minimum atomic E-state index is -0.470. The summed E-state index contributed by atoms with van der Waals surface area (Å²) in [5, 5.41) is 5.04. The summed E-state index contributed by atoms with van der Waals surface area (Å²) in [4.78, 5) is 29.0. The van der Waals surface area contributed by atoms with Crippen LogP contribution in [0.4, 0.5) is 5.69 Å². The number of para-hydroxylation sites is 1. The van der Waals surface area contributed by atoms with Crippen molar-refractivity contribution < 1.29 is 14.3 Å². The quantitative estimate of drug-likeness (QED) is 0.402. The Morgan fingerprint density at radius 3 is 2.37 bits per heavy atom. The molecule has 2 aromatic carbocycles. The van der Waals surface area contributed by atoms with Gasteiger partial charge < -0.3 is 14.5 Å². The van der Waals surface area contributed by atoms with Crippen LogP contribution >= 0.6 is 11.6 Å². The van der Waals surface area contributed by atoms with E-state index in [1.54, 1.807) is 23.7 Å². The Morgan fingerprint density at radius 2 is 1.71 bits per heavy atom. The number of aromatic nitrogens is 2. The van der Waals surface area contributed by atoms with Gasteiger partial charge >= 0.3 is 5.97 Å². The van der Waals surface area contributed by atoms with E-state index in [1.807, 2.05) is 35.2 Å². The van der Waals surface area contributed by atoms with Crippen molar-refractivity contribution in [3.63, 3.8) is 0 Å². The summed E-state index contributed by atoms with van der Waals surface area (Å²) in [5.41, 5.74) is 3.68. The van der Waals surface area contributed by atoms with Crippen molar-refractivity contribution in [2.24, 2.45) is 0 Å². The van der Waals surface area contributed by atoms with E-state index in [1.165, 1.54) is 0 Å². The van der Waals surface area contributed by atoms with E-state index in [2.05, 4.69) is 29.1 Å². The second-order valence-corrected chi connectivity index (χ2v) is 8.92. The minimum absolute atomic E-state index is 0.231. The molecule has 1 aliphatic rings. The molecule has 1 aliphatic heterocycles.